The molecule has 0 aliphatic heterocycles. The van der Waals surface area contributed by atoms with Crippen LogP contribution in [0.15, 0.2) is 0 Å². The van der Waals surface area contributed by atoms with Crippen molar-refractivity contribution in [3.8, 4) is 0 Å². The van der Waals surface area contributed by atoms with Crippen LogP contribution in [-0.2, 0) is 0 Å². The lowest BCUT2D eigenvalue weighted by atomic mass is 10.4. The van der Waals surface area contributed by atoms with Gasteiger partial charge in [-0.05, 0) is 12.8 Å². The third kappa shape index (κ3) is 1.34. The summed E-state index contributed by atoms with van der Waals surface area (Å²) in [7, 11) is 0. The number of rotatable bonds is 1. The third-order valence-electron chi connectivity index (χ3n) is 1.43. The molecule has 1 aliphatic carbocycles. The maximum Gasteiger partial charge on any atom is 0.0477 e. The molecule has 0 unspecified atom stereocenters. The monoisotopic (exact) mass is 120 g/mol. The fraction of sp³-hybridized carbons (Fsp3) is 1.00. The number of hydrogen-bond donors (Lipinski definition) is 0. The van der Waals surface area contributed by atoms with E-state index >= 15 is 0 Å². The first kappa shape index (κ1) is 5.42. The summed E-state index contributed by atoms with van der Waals surface area (Å²) in [5.74, 6) is 0. The van der Waals surface area contributed by atoms with E-state index in [0.717, 1.165) is 12.8 Å². The Morgan fingerprint density at radius 3 is 2.14 bits per heavy atom. The molecule has 0 spiro atoms. The van der Waals surface area contributed by atoms with Gasteiger partial charge in [-0.1, -0.05) is 12.8 Å². The number of hydrogen-bond acceptors (Lipinski definition) is 1. The highest BCUT2D eigenvalue weighted by molar-refractivity contribution is 7.94. The summed E-state index contributed by atoms with van der Waals surface area (Å²) in [6.07, 6.45) is 4.67. The lowest BCUT2D eigenvalue weighted by Crippen LogP contribution is -1.87. The summed E-state index contributed by atoms with van der Waals surface area (Å²) >= 11 is 0.532. The van der Waals surface area contributed by atoms with Gasteiger partial charge in [-0.2, -0.15) is 3.89 Å². The van der Waals surface area contributed by atoms with Crippen LogP contribution in [0.2, 0.25) is 0 Å². The maximum absolute atomic E-state index is 11.6. The van der Waals surface area contributed by atoms with Crippen LogP contribution in [0.5, 0.6) is 0 Å². The highest BCUT2D eigenvalue weighted by Crippen LogP contribution is 2.29. The molecule has 1 aliphatic rings. The van der Waals surface area contributed by atoms with Gasteiger partial charge in [-0.15, -0.1) is 0 Å². The van der Waals surface area contributed by atoms with Gasteiger partial charge in [0.25, 0.3) is 0 Å². The van der Waals surface area contributed by atoms with E-state index < -0.39 is 0 Å². The van der Waals surface area contributed by atoms with E-state index in [1.165, 1.54) is 12.8 Å². The quantitative estimate of drug-likeness (QED) is 0.512. The summed E-state index contributed by atoms with van der Waals surface area (Å²) in [6, 6.07) is 0. The minimum atomic E-state index is 0.347. The lowest BCUT2D eigenvalue weighted by molar-refractivity contribution is 0.842. The zero-order chi connectivity index (χ0) is 5.11. The average Bonchev–Trinajstić information content (AvgIpc) is 2.14. The van der Waals surface area contributed by atoms with Crippen molar-refractivity contribution in [2.45, 2.75) is 30.9 Å². The largest absolute Gasteiger partial charge is 0.165 e. The normalized spacial score (nSPS) is 23.6. The molecule has 1 saturated carbocycles. The molecule has 0 aromatic heterocycles. The van der Waals surface area contributed by atoms with Crippen molar-refractivity contribution in [3.05, 3.63) is 0 Å². The molecule has 2 heteroatoms. The minimum absolute atomic E-state index is 0.347. The SMILES string of the molecule is FSC1CCCC1. The van der Waals surface area contributed by atoms with Crippen LogP contribution in [0.4, 0.5) is 3.89 Å². The zero-order valence-electron chi connectivity index (χ0n) is 4.19. The fourth-order valence-corrected chi connectivity index (χ4v) is 1.49. The molecular weight excluding hydrogens is 111 g/mol. The van der Waals surface area contributed by atoms with Crippen LogP contribution in [0.1, 0.15) is 25.7 Å². The van der Waals surface area contributed by atoms with Crippen LogP contribution < -0.4 is 0 Å². The van der Waals surface area contributed by atoms with Gasteiger partial charge in [0.2, 0.25) is 0 Å². The first-order chi connectivity index (χ1) is 3.43. The molecule has 1 rings (SSSR count). The maximum atomic E-state index is 11.6. The van der Waals surface area contributed by atoms with E-state index in [1.54, 1.807) is 0 Å². The molecule has 0 heterocycles. The molecule has 42 valence electrons. The molecule has 0 amide bonds. The second kappa shape index (κ2) is 2.55. The Kier molecular flexibility index (Phi) is 1.98. The van der Waals surface area contributed by atoms with Crippen molar-refractivity contribution < 1.29 is 3.89 Å². The van der Waals surface area contributed by atoms with Crippen molar-refractivity contribution in [1.82, 2.24) is 0 Å². The van der Waals surface area contributed by atoms with Crippen molar-refractivity contribution in [3.63, 3.8) is 0 Å². The molecule has 0 radical (unpaired) electrons. The van der Waals surface area contributed by atoms with Gasteiger partial charge in [0.05, 0.1) is 0 Å². The molecule has 0 nitrogen and oxygen atoms in total. The van der Waals surface area contributed by atoms with Crippen LogP contribution in [-0.4, -0.2) is 5.25 Å². The standard InChI is InChI=1S/C5H9FS/c6-7-5-3-1-2-4-5/h5H,1-4H2. The van der Waals surface area contributed by atoms with Crippen LogP contribution in [0.25, 0.3) is 0 Å². The Morgan fingerprint density at radius 2 is 1.86 bits per heavy atom. The number of halogens is 1. The Labute approximate surface area is 47.8 Å². The zero-order valence-corrected chi connectivity index (χ0v) is 5.01. The summed E-state index contributed by atoms with van der Waals surface area (Å²) in [5.41, 5.74) is 0. The van der Waals surface area contributed by atoms with Crippen molar-refractivity contribution in [2.24, 2.45) is 0 Å². The fourth-order valence-electron chi connectivity index (χ4n) is 0.977. The van der Waals surface area contributed by atoms with Gasteiger partial charge >= 0.3 is 0 Å². The van der Waals surface area contributed by atoms with E-state index in [4.69, 9.17) is 0 Å². The molecule has 0 aromatic rings. The third-order valence-corrected chi connectivity index (χ3v) is 2.15. The van der Waals surface area contributed by atoms with Gasteiger partial charge in [0, 0.05) is 17.4 Å². The molecule has 1 fully saturated rings. The highest BCUT2D eigenvalue weighted by Gasteiger charge is 2.14. The topological polar surface area (TPSA) is 0 Å². The Bertz CT molecular complexity index is 50.0. The van der Waals surface area contributed by atoms with Crippen molar-refractivity contribution in [2.75, 3.05) is 0 Å². The summed E-state index contributed by atoms with van der Waals surface area (Å²) in [4.78, 5) is 0. The second-order valence-electron chi connectivity index (χ2n) is 2.00. The van der Waals surface area contributed by atoms with Crippen molar-refractivity contribution >= 4 is 12.1 Å². The van der Waals surface area contributed by atoms with Crippen LogP contribution >= 0.6 is 12.1 Å². The predicted molar refractivity (Wildman–Crippen MR) is 31.0 cm³/mol. The Hall–Kier alpha value is 0.280. The van der Waals surface area contributed by atoms with Crippen LogP contribution in [0, 0.1) is 0 Å². The molecular formula is C5H9FS. The van der Waals surface area contributed by atoms with E-state index in [1.807, 2.05) is 0 Å². The predicted octanol–water partition coefficient (Wildman–Crippen LogP) is 2.55. The first-order valence-corrected chi connectivity index (χ1v) is 3.49. The molecule has 7 heavy (non-hydrogen) atoms. The Balaban J connectivity index is 2.14. The first-order valence-electron chi connectivity index (χ1n) is 2.71. The van der Waals surface area contributed by atoms with Gasteiger partial charge in [-0.25, -0.2) is 0 Å². The second-order valence-corrected chi connectivity index (χ2v) is 2.84. The van der Waals surface area contributed by atoms with Gasteiger partial charge < -0.3 is 0 Å². The van der Waals surface area contributed by atoms with Crippen molar-refractivity contribution in [1.29, 1.82) is 0 Å². The van der Waals surface area contributed by atoms with Crippen LogP contribution in [0.3, 0.4) is 0 Å². The van der Waals surface area contributed by atoms with Gasteiger partial charge in [0.15, 0.2) is 0 Å². The Morgan fingerprint density at radius 1 is 1.29 bits per heavy atom. The lowest BCUT2D eigenvalue weighted by Gasteiger charge is -1.94. The molecule has 0 N–H and O–H groups in total. The summed E-state index contributed by atoms with van der Waals surface area (Å²) < 4.78 is 11.6. The highest BCUT2D eigenvalue weighted by atomic mass is 32.2. The molecule has 0 saturated heterocycles. The summed E-state index contributed by atoms with van der Waals surface area (Å²) in [5, 5.41) is 0.347. The average molecular weight is 120 g/mol. The smallest absolute Gasteiger partial charge is 0.0477 e. The van der Waals surface area contributed by atoms with Gasteiger partial charge in [-0.3, -0.25) is 0 Å². The minimum Gasteiger partial charge on any atom is -0.165 e. The van der Waals surface area contributed by atoms with Gasteiger partial charge in [0.1, 0.15) is 0 Å². The summed E-state index contributed by atoms with van der Waals surface area (Å²) in [6.45, 7) is 0. The van der Waals surface area contributed by atoms with E-state index in [2.05, 4.69) is 0 Å². The van der Waals surface area contributed by atoms with E-state index in [9.17, 15) is 3.89 Å². The molecule has 0 bridgehead atoms. The molecule has 0 atom stereocenters. The van der Waals surface area contributed by atoms with E-state index in [0.29, 0.717) is 17.4 Å². The van der Waals surface area contributed by atoms with E-state index in [-0.39, 0.29) is 0 Å². The molecule has 0 aromatic carbocycles.